The summed E-state index contributed by atoms with van der Waals surface area (Å²) in [5, 5.41) is 0. The Morgan fingerprint density at radius 1 is 0.452 bits per heavy atom. The zero-order valence-electron chi connectivity index (χ0n) is 14.2. The third kappa shape index (κ3) is 5.23. The van der Waals surface area contributed by atoms with E-state index in [1.807, 2.05) is 0 Å². The molecule has 0 spiro atoms. The number of hydrogen-bond donors (Lipinski definition) is 2. The second-order valence-electron chi connectivity index (χ2n) is 5.42. The van der Waals surface area contributed by atoms with Gasteiger partial charge in [-0.05, 0) is 127 Å². The van der Waals surface area contributed by atoms with Crippen LogP contribution in [0, 0.1) is 0 Å². The lowest BCUT2D eigenvalue weighted by molar-refractivity contribution is 0.0392. The molecule has 0 aliphatic carbocycles. The Labute approximate surface area is 241 Å². The number of halogens is 8. The molecule has 0 saturated carbocycles. The van der Waals surface area contributed by atoms with Gasteiger partial charge in [0.2, 0.25) is 0 Å². The highest BCUT2D eigenvalue weighted by atomic mass is 79.9. The fraction of sp³-hybridized carbons (Fsp3) is 0. The van der Waals surface area contributed by atoms with Gasteiger partial charge in [-0.2, -0.15) is 0 Å². The highest BCUT2D eigenvalue weighted by Gasteiger charge is 2.33. The van der Waals surface area contributed by atoms with Crippen LogP contribution in [0.15, 0.2) is 35.8 Å². The monoisotopic (exact) mass is 935 g/mol. The molecule has 0 radical (unpaired) electrons. The maximum atomic E-state index is 12.9. The predicted molar refractivity (Wildman–Crippen MR) is 141 cm³/mol. The van der Waals surface area contributed by atoms with Crippen molar-refractivity contribution in [2.24, 2.45) is 11.5 Å². The van der Waals surface area contributed by atoms with E-state index >= 15 is 0 Å². The Bertz CT molecular complexity index is 1110. The molecule has 164 valence electrons. The van der Waals surface area contributed by atoms with E-state index in [2.05, 4.69) is 127 Å². The van der Waals surface area contributed by atoms with Crippen LogP contribution in [0.1, 0.15) is 41.4 Å². The third-order valence-corrected chi connectivity index (χ3v) is 13.2. The first kappa shape index (κ1) is 27.6. The van der Waals surface area contributed by atoms with E-state index in [0.717, 1.165) is 0 Å². The van der Waals surface area contributed by atoms with Crippen LogP contribution < -0.4 is 11.5 Å². The third-order valence-electron chi connectivity index (χ3n) is 3.62. The molecule has 0 fully saturated rings. The van der Waals surface area contributed by atoms with Crippen molar-refractivity contribution in [3.05, 3.63) is 58.0 Å². The number of primary amides is 2. The lowest BCUT2D eigenvalue weighted by atomic mass is 10.1. The second kappa shape index (κ2) is 10.7. The van der Waals surface area contributed by atoms with Gasteiger partial charge in [0.1, 0.15) is 0 Å². The Morgan fingerprint density at radius 3 is 0.903 bits per heavy atom. The number of esters is 2. The molecule has 15 heteroatoms. The van der Waals surface area contributed by atoms with Gasteiger partial charge in [-0.25, -0.2) is 9.59 Å². The normalized spacial score (nSPS) is 10.7. The van der Waals surface area contributed by atoms with Crippen LogP contribution in [0.4, 0.5) is 0 Å². The van der Waals surface area contributed by atoms with Gasteiger partial charge in [-0.15, -0.1) is 0 Å². The van der Waals surface area contributed by atoms with Crippen LogP contribution in [0.2, 0.25) is 0 Å². The van der Waals surface area contributed by atoms with Crippen molar-refractivity contribution in [1.29, 1.82) is 0 Å². The maximum absolute atomic E-state index is 12.9. The summed E-state index contributed by atoms with van der Waals surface area (Å²) in [6.45, 7) is 0. The highest BCUT2D eigenvalue weighted by Crippen LogP contribution is 2.44. The average Bonchev–Trinajstić information content (AvgIpc) is 2.68. The molecule has 2 rings (SSSR count). The number of amides is 2. The Morgan fingerprint density at radius 2 is 0.677 bits per heavy atom. The van der Waals surface area contributed by atoms with E-state index in [0.29, 0.717) is 17.9 Å². The van der Waals surface area contributed by atoms with Gasteiger partial charge in [0.15, 0.2) is 0 Å². The minimum atomic E-state index is -1.20. The van der Waals surface area contributed by atoms with Crippen LogP contribution in [0.5, 0.6) is 0 Å². The van der Waals surface area contributed by atoms with Gasteiger partial charge in [-0.1, -0.05) is 0 Å². The molecular weight excluding hydrogens is 939 g/mol. The molecule has 31 heavy (non-hydrogen) atoms. The molecule has 0 aliphatic heterocycles. The van der Waals surface area contributed by atoms with Crippen LogP contribution >= 0.6 is 127 Å². The SMILES string of the molecule is NC(=O)c1c(Br)c(Br)c(Br)c(Br)c1C(=O)OC(=O)c1c(Br)c(Br)c(Br)c(Br)c1C(N)=O. The number of carbonyl (C=O) groups is 4. The molecule has 7 nitrogen and oxygen atoms in total. The number of benzene rings is 2. The second-order valence-corrected chi connectivity index (χ2v) is 11.8. The number of carbonyl (C=O) groups excluding carboxylic acids is 4. The lowest BCUT2D eigenvalue weighted by Crippen LogP contribution is -2.24. The van der Waals surface area contributed by atoms with Crippen LogP contribution in [0.3, 0.4) is 0 Å². The largest absolute Gasteiger partial charge is 0.386 e. The molecule has 2 amide bonds. The fourth-order valence-corrected chi connectivity index (χ4v) is 7.25. The Hall–Kier alpha value is 0.360. The van der Waals surface area contributed by atoms with Crippen molar-refractivity contribution in [3.63, 3.8) is 0 Å². The van der Waals surface area contributed by atoms with Gasteiger partial charge >= 0.3 is 11.9 Å². The van der Waals surface area contributed by atoms with E-state index in [1.54, 1.807) is 0 Å². The summed E-state index contributed by atoms with van der Waals surface area (Å²) >= 11 is 25.8. The summed E-state index contributed by atoms with van der Waals surface area (Å²) in [6.07, 6.45) is 0. The molecule has 0 aliphatic rings. The van der Waals surface area contributed by atoms with Gasteiger partial charge in [0.05, 0.1) is 22.3 Å². The lowest BCUT2D eigenvalue weighted by Gasteiger charge is -2.16. The molecule has 0 unspecified atom stereocenters. The minimum absolute atomic E-state index is 0.113. The molecule has 2 aromatic carbocycles. The summed E-state index contributed by atoms with van der Waals surface area (Å²) < 4.78 is 7.08. The van der Waals surface area contributed by atoms with Crippen molar-refractivity contribution in [2.45, 2.75) is 0 Å². The van der Waals surface area contributed by atoms with Crippen LogP contribution in [-0.4, -0.2) is 23.8 Å². The number of ether oxygens (including phenoxy) is 1. The topological polar surface area (TPSA) is 130 Å². The zero-order chi connectivity index (χ0) is 23.9. The van der Waals surface area contributed by atoms with Crippen molar-refractivity contribution < 1.29 is 23.9 Å². The van der Waals surface area contributed by atoms with E-state index in [-0.39, 0.29) is 40.1 Å². The molecule has 0 heterocycles. The van der Waals surface area contributed by atoms with Crippen LogP contribution in [0.25, 0.3) is 0 Å². The van der Waals surface area contributed by atoms with Crippen molar-refractivity contribution in [2.75, 3.05) is 0 Å². The van der Waals surface area contributed by atoms with E-state index in [9.17, 15) is 19.2 Å². The van der Waals surface area contributed by atoms with Crippen molar-refractivity contribution in [1.82, 2.24) is 0 Å². The first-order valence-electron chi connectivity index (χ1n) is 7.31. The quantitative estimate of drug-likeness (QED) is 0.148. The molecule has 0 bridgehead atoms. The number of hydrogen-bond acceptors (Lipinski definition) is 5. The average molecular weight is 943 g/mol. The smallest absolute Gasteiger partial charge is 0.348 e. The minimum Gasteiger partial charge on any atom is -0.386 e. The highest BCUT2D eigenvalue weighted by molar-refractivity contribution is 9.15. The summed E-state index contributed by atoms with van der Waals surface area (Å²) in [5.74, 6) is -4.30. The summed E-state index contributed by atoms with van der Waals surface area (Å²) in [7, 11) is 0. The standard InChI is InChI=1S/C16H4Br8N2O5/c17-5-1(13(25)27)3(7(19)11(23)9(5)21)15(29)31-16(30)4-2(14(26)28)6(18)10(22)12(24)8(4)20/h(H2,25,27)(H2,26,28). The molecular formula is C16H4Br8N2O5. The first-order chi connectivity index (χ1) is 14.2. The fourth-order valence-electron chi connectivity index (χ4n) is 2.30. The molecule has 0 saturated heterocycles. The maximum Gasteiger partial charge on any atom is 0.348 e. The number of nitrogens with two attached hydrogens (primary N) is 2. The Kier molecular flexibility index (Phi) is 9.56. The summed E-state index contributed by atoms with van der Waals surface area (Å²) in [4.78, 5) is 49.8. The number of rotatable bonds is 4. The summed E-state index contributed by atoms with van der Waals surface area (Å²) in [6, 6.07) is 0. The molecule has 4 N–H and O–H groups in total. The zero-order valence-corrected chi connectivity index (χ0v) is 26.9. The van der Waals surface area contributed by atoms with Crippen LogP contribution in [-0.2, 0) is 4.74 Å². The summed E-state index contributed by atoms with van der Waals surface area (Å²) in [5.41, 5.74) is 9.76. The van der Waals surface area contributed by atoms with E-state index in [1.165, 1.54) is 0 Å². The molecule has 0 aromatic heterocycles. The van der Waals surface area contributed by atoms with Gasteiger partial charge in [-0.3, -0.25) is 9.59 Å². The van der Waals surface area contributed by atoms with Gasteiger partial charge in [0, 0.05) is 35.8 Å². The predicted octanol–water partition coefficient (Wildman–Crippen LogP) is 6.98. The van der Waals surface area contributed by atoms with Crippen molar-refractivity contribution in [3.8, 4) is 0 Å². The molecule has 0 atom stereocenters. The first-order valence-corrected chi connectivity index (χ1v) is 13.7. The van der Waals surface area contributed by atoms with E-state index in [4.69, 9.17) is 16.2 Å². The van der Waals surface area contributed by atoms with E-state index < -0.39 is 23.8 Å². The molecule has 2 aromatic rings. The van der Waals surface area contributed by atoms with Gasteiger partial charge < -0.3 is 16.2 Å². The van der Waals surface area contributed by atoms with Crippen molar-refractivity contribution >= 4 is 151 Å². The Balaban J connectivity index is 2.69. The van der Waals surface area contributed by atoms with Gasteiger partial charge in [0.25, 0.3) is 11.8 Å².